The van der Waals surface area contributed by atoms with Crippen molar-refractivity contribution in [2.24, 2.45) is 0 Å². The van der Waals surface area contributed by atoms with Gasteiger partial charge >= 0.3 is 0 Å². The minimum atomic E-state index is -0.367. The molecule has 2 heterocycles. The van der Waals surface area contributed by atoms with E-state index < -0.39 is 0 Å². The van der Waals surface area contributed by atoms with E-state index in [0.717, 1.165) is 5.56 Å². The molecule has 2 aromatic carbocycles. The van der Waals surface area contributed by atoms with Crippen molar-refractivity contribution in [3.05, 3.63) is 94.4 Å². The van der Waals surface area contributed by atoms with Gasteiger partial charge in [-0.3, -0.25) is 14.5 Å². The standard InChI is InChI=1S/C23H20N4O3/c1-26(19-13-8-14-20(24-19)30-2)23(29)21-17-11-6-7-12-18(17)22(28)27(25-21)15-16-9-4-3-5-10-16/h3-14H,15H2,1-2H3. The highest BCUT2D eigenvalue weighted by Crippen LogP contribution is 2.20. The third kappa shape index (κ3) is 3.65. The van der Waals surface area contributed by atoms with Crippen LogP contribution in [0.1, 0.15) is 16.1 Å². The topological polar surface area (TPSA) is 77.3 Å². The Morgan fingerprint density at radius 2 is 1.67 bits per heavy atom. The maximum Gasteiger partial charge on any atom is 0.280 e. The van der Waals surface area contributed by atoms with E-state index in [0.29, 0.717) is 22.5 Å². The van der Waals surface area contributed by atoms with E-state index in [2.05, 4.69) is 10.1 Å². The number of anilines is 1. The molecule has 2 aromatic heterocycles. The van der Waals surface area contributed by atoms with E-state index in [9.17, 15) is 9.59 Å². The number of carbonyl (C=O) groups excluding carboxylic acids is 1. The maximum absolute atomic E-state index is 13.3. The summed E-state index contributed by atoms with van der Waals surface area (Å²) in [6, 6.07) is 21.7. The molecule has 0 radical (unpaired) electrons. The van der Waals surface area contributed by atoms with Gasteiger partial charge in [0.15, 0.2) is 5.69 Å². The molecule has 0 saturated carbocycles. The molecule has 0 atom stereocenters. The van der Waals surface area contributed by atoms with Crippen molar-refractivity contribution in [1.29, 1.82) is 0 Å². The van der Waals surface area contributed by atoms with Crippen LogP contribution in [0.2, 0.25) is 0 Å². The van der Waals surface area contributed by atoms with Crippen LogP contribution >= 0.6 is 0 Å². The Morgan fingerprint density at radius 3 is 2.40 bits per heavy atom. The first kappa shape index (κ1) is 19.3. The van der Waals surface area contributed by atoms with Crippen molar-refractivity contribution in [1.82, 2.24) is 14.8 Å². The van der Waals surface area contributed by atoms with E-state index in [1.165, 1.54) is 16.7 Å². The highest BCUT2D eigenvalue weighted by Gasteiger charge is 2.22. The fraction of sp³-hybridized carbons (Fsp3) is 0.130. The lowest BCUT2D eigenvalue weighted by atomic mass is 10.1. The van der Waals surface area contributed by atoms with Crippen LogP contribution in [-0.4, -0.2) is 34.8 Å². The monoisotopic (exact) mass is 400 g/mol. The largest absolute Gasteiger partial charge is 0.481 e. The van der Waals surface area contributed by atoms with Crippen molar-refractivity contribution in [2.75, 3.05) is 19.1 Å². The predicted octanol–water partition coefficient (Wildman–Crippen LogP) is 3.13. The van der Waals surface area contributed by atoms with Crippen LogP contribution in [0.3, 0.4) is 0 Å². The first-order valence-corrected chi connectivity index (χ1v) is 9.41. The van der Waals surface area contributed by atoms with Gasteiger partial charge in [-0.2, -0.15) is 10.1 Å². The molecule has 30 heavy (non-hydrogen) atoms. The SMILES string of the molecule is COc1cccc(N(C)C(=O)c2nn(Cc3ccccc3)c(=O)c3ccccc23)n1. The molecule has 0 aliphatic heterocycles. The summed E-state index contributed by atoms with van der Waals surface area (Å²) >= 11 is 0. The van der Waals surface area contributed by atoms with Crippen LogP contribution in [-0.2, 0) is 6.54 Å². The Kier molecular flexibility index (Phi) is 5.26. The Balaban J connectivity index is 1.81. The molecule has 7 heteroatoms. The Hall–Kier alpha value is -4.00. The van der Waals surface area contributed by atoms with Crippen molar-refractivity contribution >= 4 is 22.5 Å². The first-order valence-electron chi connectivity index (χ1n) is 9.41. The third-order valence-corrected chi connectivity index (χ3v) is 4.81. The van der Waals surface area contributed by atoms with Crippen LogP contribution in [0.25, 0.3) is 10.8 Å². The number of ether oxygens (including phenoxy) is 1. The van der Waals surface area contributed by atoms with Gasteiger partial charge in [0.25, 0.3) is 11.5 Å². The van der Waals surface area contributed by atoms with Crippen LogP contribution in [0.5, 0.6) is 5.88 Å². The van der Waals surface area contributed by atoms with Gasteiger partial charge in [0.05, 0.1) is 19.0 Å². The number of pyridine rings is 1. The molecule has 1 amide bonds. The summed E-state index contributed by atoms with van der Waals surface area (Å²) in [6.45, 7) is 0.270. The predicted molar refractivity (Wildman–Crippen MR) is 115 cm³/mol. The van der Waals surface area contributed by atoms with Crippen molar-refractivity contribution < 1.29 is 9.53 Å². The van der Waals surface area contributed by atoms with Crippen LogP contribution < -0.4 is 15.2 Å². The maximum atomic E-state index is 13.3. The van der Waals surface area contributed by atoms with Gasteiger partial charge in [-0.1, -0.05) is 54.6 Å². The lowest BCUT2D eigenvalue weighted by Crippen LogP contribution is -2.32. The summed E-state index contributed by atoms with van der Waals surface area (Å²) in [6.07, 6.45) is 0. The average Bonchev–Trinajstić information content (AvgIpc) is 2.80. The molecule has 0 aliphatic carbocycles. The summed E-state index contributed by atoms with van der Waals surface area (Å²) in [7, 11) is 3.13. The highest BCUT2D eigenvalue weighted by atomic mass is 16.5. The molecule has 7 nitrogen and oxygen atoms in total. The van der Waals surface area contributed by atoms with E-state index >= 15 is 0 Å². The summed E-state index contributed by atoms with van der Waals surface area (Å²) in [5, 5.41) is 5.39. The number of fused-ring (bicyclic) bond motifs is 1. The van der Waals surface area contributed by atoms with Gasteiger partial charge < -0.3 is 4.74 Å². The van der Waals surface area contributed by atoms with E-state index in [1.807, 2.05) is 30.3 Å². The van der Waals surface area contributed by atoms with E-state index in [-0.39, 0.29) is 23.7 Å². The molecule has 0 unspecified atom stereocenters. The number of methoxy groups -OCH3 is 1. The van der Waals surface area contributed by atoms with Gasteiger partial charge in [-0.05, 0) is 17.7 Å². The molecular formula is C23H20N4O3. The quantitative estimate of drug-likeness (QED) is 0.514. The lowest BCUT2D eigenvalue weighted by Gasteiger charge is -2.18. The molecule has 4 rings (SSSR count). The second kappa shape index (κ2) is 8.16. The number of amides is 1. The minimum Gasteiger partial charge on any atom is -0.481 e. The number of aromatic nitrogens is 3. The molecule has 0 aliphatic rings. The number of carbonyl (C=O) groups is 1. The van der Waals surface area contributed by atoms with E-state index in [1.54, 1.807) is 49.5 Å². The number of hydrogen-bond acceptors (Lipinski definition) is 5. The van der Waals surface area contributed by atoms with Gasteiger partial charge in [-0.15, -0.1) is 0 Å². The summed E-state index contributed by atoms with van der Waals surface area (Å²) in [4.78, 5) is 32.0. The third-order valence-electron chi connectivity index (χ3n) is 4.81. The van der Waals surface area contributed by atoms with Crippen molar-refractivity contribution in [2.45, 2.75) is 6.54 Å². The summed E-state index contributed by atoms with van der Waals surface area (Å²) in [5.41, 5.74) is 0.866. The fourth-order valence-corrected chi connectivity index (χ4v) is 3.22. The Bertz CT molecular complexity index is 1270. The van der Waals surface area contributed by atoms with Crippen LogP contribution in [0, 0.1) is 0 Å². The Labute approximate surface area is 173 Å². The van der Waals surface area contributed by atoms with Crippen molar-refractivity contribution in [3.63, 3.8) is 0 Å². The molecule has 0 bridgehead atoms. The second-order valence-electron chi connectivity index (χ2n) is 6.74. The van der Waals surface area contributed by atoms with Gasteiger partial charge in [0.1, 0.15) is 5.82 Å². The van der Waals surface area contributed by atoms with Crippen molar-refractivity contribution in [3.8, 4) is 5.88 Å². The molecule has 4 aromatic rings. The Morgan fingerprint density at radius 1 is 0.967 bits per heavy atom. The van der Waals surface area contributed by atoms with Crippen LogP contribution in [0.4, 0.5) is 5.82 Å². The first-order chi connectivity index (χ1) is 14.6. The summed E-state index contributed by atoms with van der Waals surface area (Å²) in [5.74, 6) is 0.457. The van der Waals surface area contributed by atoms with E-state index in [4.69, 9.17) is 4.74 Å². The zero-order chi connectivity index (χ0) is 21.1. The number of benzene rings is 2. The average molecular weight is 400 g/mol. The molecule has 0 saturated heterocycles. The molecule has 0 spiro atoms. The fourth-order valence-electron chi connectivity index (χ4n) is 3.22. The lowest BCUT2D eigenvalue weighted by molar-refractivity contribution is 0.0987. The number of hydrogen-bond donors (Lipinski definition) is 0. The van der Waals surface area contributed by atoms with Gasteiger partial charge in [-0.25, -0.2) is 4.68 Å². The number of nitrogens with zero attached hydrogens (tertiary/aromatic N) is 4. The smallest absolute Gasteiger partial charge is 0.280 e. The molecule has 0 N–H and O–H groups in total. The highest BCUT2D eigenvalue weighted by molar-refractivity contribution is 6.11. The molecule has 0 fully saturated rings. The second-order valence-corrected chi connectivity index (χ2v) is 6.74. The zero-order valence-electron chi connectivity index (χ0n) is 16.6. The zero-order valence-corrected chi connectivity index (χ0v) is 16.6. The number of rotatable bonds is 5. The van der Waals surface area contributed by atoms with Gasteiger partial charge in [0.2, 0.25) is 5.88 Å². The summed E-state index contributed by atoms with van der Waals surface area (Å²) < 4.78 is 6.48. The normalized spacial score (nSPS) is 10.7. The molecular weight excluding hydrogens is 380 g/mol. The van der Waals surface area contributed by atoms with Crippen LogP contribution in [0.15, 0.2) is 77.6 Å². The molecule has 150 valence electrons. The van der Waals surface area contributed by atoms with Gasteiger partial charge in [0, 0.05) is 18.5 Å². The minimum absolute atomic E-state index is 0.188.